The first-order valence-electron chi connectivity index (χ1n) is 6.68. The number of benzene rings is 1. The maximum Gasteiger partial charge on any atom is 0.323 e. The molecule has 1 aliphatic heterocycles. The number of carbonyl (C=O) groups is 2. The number of carbonyl (C=O) groups excluding carboxylic acids is 1. The summed E-state index contributed by atoms with van der Waals surface area (Å²) in [6, 6.07) is 5.81. The fraction of sp³-hybridized carbons (Fsp3) is 0.467. The van der Waals surface area contributed by atoms with Crippen LogP contribution in [0.4, 0.5) is 11.4 Å². The zero-order chi connectivity index (χ0) is 14.9. The van der Waals surface area contributed by atoms with E-state index in [4.69, 9.17) is 5.11 Å². The van der Waals surface area contributed by atoms with Crippen molar-refractivity contribution in [2.75, 3.05) is 23.3 Å². The lowest BCUT2D eigenvalue weighted by atomic mass is 9.86. The SMILES string of the molecule is CC(C)(C)c1ccc2c(c1)N(CC(=O)O)CCC(=O)N2. The molecule has 0 saturated carbocycles. The lowest BCUT2D eigenvalue weighted by Gasteiger charge is -2.26. The average Bonchev–Trinajstić information content (AvgIpc) is 2.47. The van der Waals surface area contributed by atoms with Crippen molar-refractivity contribution in [3.63, 3.8) is 0 Å². The van der Waals surface area contributed by atoms with Crippen LogP contribution in [0.5, 0.6) is 0 Å². The monoisotopic (exact) mass is 276 g/mol. The van der Waals surface area contributed by atoms with E-state index in [2.05, 4.69) is 26.1 Å². The molecule has 0 radical (unpaired) electrons. The van der Waals surface area contributed by atoms with Gasteiger partial charge in [-0.05, 0) is 23.1 Å². The molecule has 2 N–H and O–H groups in total. The zero-order valence-corrected chi connectivity index (χ0v) is 12.1. The first kappa shape index (κ1) is 14.4. The normalized spacial score (nSPS) is 15.3. The predicted molar refractivity (Wildman–Crippen MR) is 78.2 cm³/mol. The highest BCUT2D eigenvalue weighted by Gasteiger charge is 2.23. The molecule has 1 heterocycles. The molecular weight excluding hydrogens is 256 g/mol. The van der Waals surface area contributed by atoms with E-state index in [0.29, 0.717) is 18.7 Å². The topological polar surface area (TPSA) is 69.6 Å². The first-order valence-corrected chi connectivity index (χ1v) is 6.68. The van der Waals surface area contributed by atoms with Gasteiger partial charge in [-0.15, -0.1) is 0 Å². The summed E-state index contributed by atoms with van der Waals surface area (Å²) in [7, 11) is 0. The van der Waals surface area contributed by atoms with Crippen LogP contribution in [-0.4, -0.2) is 30.1 Å². The van der Waals surface area contributed by atoms with E-state index in [-0.39, 0.29) is 17.9 Å². The second-order valence-electron chi connectivity index (χ2n) is 6.10. The van der Waals surface area contributed by atoms with Crippen molar-refractivity contribution in [1.29, 1.82) is 0 Å². The molecule has 1 amide bonds. The van der Waals surface area contributed by atoms with E-state index in [9.17, 15) is 9.59 Å². The summed E-state index contributed by atoms with van der Waals surface area (Å²) >= 11 is 0. The Morgan fingerprint density at radius 1 is 1.40 bits per heavy atom. The highest BCUT2D eigenvalue weighted by atomic mass is 16.4. The molecule has 1 aromatic rings. The molecule has 20 heavy (non-hydrogen) atoms. The number of hydrogen-bond donors (Lipinski definition) is 2. The van der Waals surface area contributed by atoms with Crippen molar-refractivity contribution in [1.82, 2.24) is 0 Å². The second kappa shape index (κ2) is 5.15. The Balaban J connectivity index is 2.47. The van der Waals surface area contributed by atoms with Gasteiger partial charge < -0.3 is 15.3 Å². The Morgan fingerprint density at radius 2 is 2.10 bits per heavy atom. The van der Waals surface area contributed by atoms with Crippen LogP contribution in [0.3, 0.4) is 0 Å². The number of rotatable bonds is 2. The second-order valence-corrected chi connectivity index (χ2v) is 6.10. The molecule has 0 fully saturated rings. The molecule has 0 spiro atoms. The Morgan fingerprint density at radius 3 is 2.70 bits per heavy atom. The number of amides is 1. The molecule has 0 atom stereocenters. The highest BCUT2D eigenvalue weighted by Crippen LogP contribution is 2.34. The minimum atomic E-state index is -0.897. The zero-order valence-electron chi connectivity index (χ0n) is 12.1. The van der Waals surface area contributed by atoms with Crippen molar-refractivity contribution in [2.45, 2.75) is 32.6 Å². The Labute approximate surface area is 118 Å². The van der Waals surface area contributed by atoms with Crippen molar-refractivity contribution in [3.8, 4) is 0 Å². The predicted octanol–water partition coefficient (Wildman–Crippen LogP) is 2.22. The third-order valence-corrected chi connectivity index (χ3v) is 3.41. The van der Waals surface area contributed by atoms with E-state index >= 15 is 0 Å². The van der Waals surface area contributed by atoms with Crippen LogP contribution in [0.1, 0.15) is 32.8 Å². The van der Waals surface area contributed by atoms with E-state index in [1.54, 1.807) is 4.90 Å². The number of anilines is 2. The Kier molecular flexibility index (Phi) is 3.70. The van der Waals surface area contributed by atoms with E-state index in [0.717, 1.165) is 11.3 Å². The number of nitrogens with zero attached hydrogens (tertiary/aromatic N) is 1. The number of aliphatic carboxylic acids is 1. The molecule has 0 aromatic heterocycles. The fourth-order valence-electron chi connectivity index (χ4n) is 2.26. The smallest absolute Gasteiger partial charge is 0.323 e. The van der Waals surface area contributed by atoms with Gasteiger partial charge in [0, 0.05) is 13.0 Å². The Bertz CT molecular complexity index is 547. The summed E-state index contributed by atoms with van der Waals surface area (Å²) in [5, 5.41) is 11.9. The molecule has 108 valence electrons. The summed E-state index contributed by atoms with van der Waals surface area (Å²) in [6.45, 7) is 6.62. The van der Waals surface area contributed by atoms with Gasteiger partial charge in [-0.25, -0.2) is 0 Å². The third kappa shape index (κ3) is 3.10. The van der Waals surface area contributed by atoms with Gasteiger partial charge >= 0.3 is 5.97 Å². The summed E-state index contributed by atoms with van der Waals surface area (Å²) in [5.41, 5.74) is 2.55. The highest BCUT2D eigenvalue weighted by molar-refractivity contribution is 5.97. The summed E-state index contributed by atoms with van der Waals surface area (Å²) < 4.78 is 0. The average molecular weight is 276 g/mol. The summed E-state index contributed by atoms with van der Waals surface area (Å²) in [5.74, 6) is -0.978. The summed E-state index contributed by atoms with van der Waals surface area (Å²) in [4.78, 5) is 24.4. The van der Waals surface area contributed by atoms with Crippen LogP contribution >= 0.6 is 0 Å². The number of carboxylic acids is 1. The third-order valence-electron chi connectivity index (χ3n) is 3.41. The number of hydrogen-bond acceptors (Lipinski definition) is 3. The van der Waals surface area contributed by atoms with Gasteiger partial charge in [0.2, 0.25) is 5.91 Å². The van der Waals surface area contributed by atoms with E-state index < -0.39 is 5.97 Å². The molecule has 1 aromatic carbocycles. The quantitative estimate of drug-likeness (QED) is 0.869. The number of nitrogens with one attached hydrogen (secondary N) is 1. The minimum Gasteiger partial charge on any atom is -0.480 e. The molecule has 5 heteroatoms. The van der Waals surface area contributed by atoms with Crippen molar-refractivity contribution in [2.24, 2.45) is 0 Å². The molecule has 2 rings (SSSR count). The van der Waals surface area contributed by atoms with Crippen molar-refractivity contribution in [3.05, 3.63) is 23.8 Å². The molecule has 0 saturated heterocycles. The number of carboxylic acid groups (broad SMARTS) is 1. The van der Waals surface area contributed by atoms with Gasteiger partial charge in [0.15, 0.2) is 0 Å². The Hall–Kier alpha value is -2.04. The number of fused-ring (bicyclic) bond motifs is 1. The molecule has 5 nitrogen and oxygen atoms in total. The van der Waals surface area contributed by atoms with Crippen LogP contribution < -0.4 is 10.2 Å². The van der Waals surface area contributed by atoms with Crippen LogP contribution in [0.2, 0.25) is 0 Å². The van der Waals surface area contributed by atoms with Gasteiger partial charge in [-0.1, -0.05) is 26.8 Å². The standard InChI is InChI=1S/C15H20N2O3/c1-15(2,3)10-4-5-11-12(8-10)17(9-14(19)20)7-6-13(18)16-11/h4-5,8H,6-7,9H2,1-3H3,(H,16,18)(H,19,20). The fourth-order valence-corrected chi connectivity index (χ4v) is 2.26. The summed E-state index contributed by atoms with van der Waals surface area (Å²) in [6.07, 6.45) is 0.298. The van der Waals surface area contributed by atoms with Crippen LogP contribution in [0.25, 0.3) is 0 Å². The van der Waals surface area contributed by atoms with Gasteiger partial charge in [0.1, 0.15) is 6.54 Å². The van der Waals surface area contributed by atoms with Gasteiger partial charge in [-0.3, -0.25) is 9.59 Å². The van der Waals surface area contributed by atoms with Crippen LogP contribution in [-0.2, 0) is 15.0 Å². The maximum absolute atomic E-state index is 11.7. The van der Waals surface area contributed by atoms with Crippen molar-refractivity contribution < 1.29 is 14.7 Å². The molecule has 1 aliphatic rings. The first-order chi connectivity index (χ1) is 9.27. The van der Waals surface area contributed by atoms with Gasteiger partial charge in [-0.2, -0.15) is 0 Å². The lowest BCUT2D eigenvalue weighted by molar-refractivity contribution is -0.135. The molecule has 0 bridgehead atoms. The lowest BCUT2D eigenvalue weighted by Crippen LogP contribution is -2.30. The molecular formula is C15H20N2O3. The van der Waals surface area contributed by atoms with Crippen LogP contribution in [0, 0.1) is 0 Å². The maximum atomic E-state index is 11.7. The van der Waals surface area contributed by atoms with Gasteiger partial charge in [0.25, 0.3) is 0 Å². The van der Waals surface area contributed by atoms with Gasteiger partial charge in [0.05, 0.1) is 11.4 Å². The van der Waals surface area contributed by atoms with E-state index in [1.165, 1.54) is 0 Å². The molecule has 0 unspecified atom stereocenters. The largest absolute Gasteiger partial charge is 0.480 e. The molecule has 0 aliphatic carbocycles. The van der Waals surface area contributed by atoms with E-state index in [1.807, 2.05) is 18.2 Å². The minimum absolute atomic E-state index is 0.0275. The van der Waals surface area contributed by atoms with Crippen LogP contribution in [0.15, 0.2) is 18.2 Å². The van der Waals surface area contributed by atoms with Crippen molar-refractivity contribution >= 4 is 23.3 Å².